The van der Waals surface area contributed by atoms with Gasteiger partial charge in [0, 0.05) is 0 Å². The zero-order valence-electron chi connectivity index (χ0n) is 13.0. The van der Waals surface area contributed by atoms with E-state index >= 15 is 0 Å². The summed E-state index contributed by atoms with van der Waals surface area (Å²) in [5, 5.41) is 6.16. The Balaban J connectivity index is 1.92. The lowest BCUT2D eigenvalue weighted by Gasteiger charge is -2.21. The lowest BCUT2D eigenvalue weighted by molar-refractivity contribution is 0.416. The van der Waals surface area contributed by atoms with E-state index in [9.17, 15) is 0 Å². The molecular weight excluding hydrogens is 270 g/mol. The molecule has 0 saturated carbocycles. The Morgan fingerprint density at radius 1 is 0.909 bits per heavy atom. The quantitative estimate of drug-likeness (QED) is 0.678. The number of hydrogen-bond donors (Lipinski definition) is 1. The van der Waals surface area contributed by atoms with Crippen LogP contribution in [0.4, 0.5) is 5.69 Å². The van der Waals surface area contributed by atoms with Gasteiger partial charge in [0.25, 0.3) is 0 Å². The van der Waals surface area contributed by atoms with Gasteiger partial charge in [0.1, 0.15) is 5.75 Å². The van der Waals surface area contributed by atoms with Crippen molar-refractivity contribution in [2.45, 2.75) is 19.4 Å². The Bertz CT molecular complexity index is 766. The van der Waals surface area contributed by atoms with Crippen LogP contribution in [0, 0.1) is 0 Å². The van der Waals surface area contributed by atoms with Crippen molar-refractivity contribution in [3.8, 4) is 5.75 Å². The van der Waals surface area contributed by atoms with E-state index in [1.165, 1.54) is 16.3 Å². The maximum Gasteiger partial charge on any atom is 0.141 e. The summed E-state index contributed by atoms with van der Waals surface area (Å²) in [5.74, 6) is 0.877. The van der Waals surface area contributed by atoms with Gasteiger partial charge in [-0.15, -0.1) is 0 Å². The van der Waals surface area contributed by atoms with Crippen LogP contribution >= 0.6 is 0 Å². The van der Waals surface area contributed by atoms with Gasteiger partial charge in [-0.05, 0) is 41.0 Å². The first kappa shape index (κ1) is 14.5. The fourth-order valence-corrected chi connectivity index (χ4v) is 2.80. The number of rotatable bonds is 5. The molecule has 0 radical (unpaired) electrons. The third kappa shape index (κ3) is 2.91. The first-order valence-corrected chi connectivity index (χ1v) is 7.70. The standard InChI is InChI=1S/C20H21NO/c1-3-18(21-19-10-6-7-11-20(19)22-2)17-13-12-15-8-4-5-9-16(15)14-17/h4-14,18,21H,3H2,1-2H3/t18-/m0/s1. The Hall–Kier alpha value is -2.48. The number of anilines is 1. The second-order valence-electron chi connectivity index (χ2n) is 5.41. The molecule has 0 aliphatic carbocycles. The van der Waals surface area contributed by atoms with E-state index < -0.39 is 0 Å². The van der Waals surface area contributed by atoms with Crippen molar-refractivity contribution >= 4 is 16.5 Å². The normalized spacial score (nSPS) is 12.1. The van der Waals surface area contributed by atoms with Crippen LogP contribution in [-0.4, -0.2) is 7.11 Å². The number of hydrogen-bond acceptors (Lipinski definition) is 2. The van der Waals surface area contributed by atoms with Gasteiger partial charge in [-0.1, -0.05) is 55.5 Å². The first-order chi connectivity index (χ1) is 10.8. The number of methoxy groups -OCH3 is 1. The zero-order valence-corrected chi connectivity index (χ0v) is 13.0. The van der Waals surface area contributed by atoms with Crippen molar-refractivity contribution in [1.29, 1.82) is 0 Å². The molecule has 0 aromatic heterocycles. The molecule has 2 nitrogen and oxygen atoms in total. The molecule has 0 aliphatic heterocycles. The van der Waals surface area contributed by atoms with E-state index in [1.807, 2.05) is 18.2 Å². The smallest absolute Gasteiger partial charge is 0.141 e. The van der Waals surface area contributed by atoms with Crippen molar-refractivity contribution in [2.24, 2.45) is 0 Å². The van der Waals surface area contributed by atoms with Crippen LogP contribution in [-0.2, 0) is 0 Å². The summed E-state index contributed by atoms with van der Waals surface area (Å²) in [5.41, 5.74) is 2.33. The van der Waals surface area contributed by atoms with Gasteiger partial charge in [-0.2, -0.15) is 0 Å². The van der Waals surface area contributed by atoms with Crippen molar-refractivity contribution in [1.82, 2.24) is 0 Å². The van der Waals surface area contributed by atoms with Crippen molar-refractivity contribution < 1.29 is 4.74 Å². The van der Waals surface area contributed by atoms with Crippen molar-refractivity contribution in [3.05, 3.63) is 72.3 Å². The first-order valence-electron chi connectivity index (χ1n) is 7.70. The zero-order chi connectivity index (χ0) is 15.4. The summed E-state index contributed by atoms with van der Waals surface area (Å²) in [7, 11) is 1.71. The number of nitrogens with one attached hydrogen (secondary N) is 1. The Morgan fingerprint density at radius 2 is 1.64 bits per heavy atom. The SMILES string of the molecule is CC[C@H](Nc1ccccc1OC)c1ccc2ccccc2c1. The molecule has 0 saturated heterocycles. The summed E-state index contributed by atoms with van der Waals surface area (Å²) >= 11 is 0. The highest BCUT2D eigenvalue weighted by Crippen LogP contribution is 2.30. The van der Waals surface area contributed by atoms with Crippen molar-refractivity contribution in [3.63, 3.8) is 0 Å². The van der Waals surface area contributed by atoms with Gasteiger partial charge in [-0.3, -0.25) is 0 Å². The topological polar surface area (TPSA) is 21.3 Å². The molecule has 112 valence electrons. The molecule has 1 atom stereocenters. The predicted molar refractivity (Wildman–Crippen MR) is 93.6 cm³/mol. The van der Waals surface area contributed by atoms with E-state index in [-0.39, 0.29) is 6.04 Å². The van der Waals surface area contributed by atoms with Gasteiger partial charge in [0.15, 0.2) is 0 Å². The number of benzene rings is 3. The summed E-state index contributed by atoms with van der Waals surface area (Å²) < 4.78 is 5.43. The minimum Gasteiger partial charge on any atom is -0.495 e. The van der Waals surface area contributed by atoms with Crippen LogP contribution in [0.3, 0.4) is 0 Å². The molecule has 0 unspecified atom stereocenters. The average molecular weight is 291 g/mol. The number of ether oxygens (including phenoxy) is 1. The highest BCUT2D eigenvalue weighted by molar-refractivity contribution is 5.83. The van der Waals surface area contributed by atoms with Crippen LogP contribution in [0.5, 0.6) is 5.75 Å². The maximum atomic E-state index is 5.43. The van der Waals surface area contributed by atoms with Gasteiger partial charge in [0.05, 0.1) is 18.8 Å². The lowest BCUT2D eigenvalue weighted by Crippen LogP contribution is -2.10. The molecule has 3 aromatic rings. The summed E-state index contributed by atoms with van der Waals surface area (Å²) in [6, 6.07) is 23.5. The molecule has 3 aromatic carbocycles. The summed E-state index contributed by atoms with van der Waals surface area (Å²) in [6.07, 6.45) is 1.01. The maximum absolute atomic E-state index is 5.43. The van der Waals surface area contributed by atoms with Gasteiger partial charge in [0.2, 0.25) is 0 Å². The largest absolute Gasteiger partial charge is 0.495 e. The second kappa shape index (κ2) is 6.52. The van der Waals surface area contributed by atoms with Gasteiger partial charge >= 0.3 is 0 Å². The molecule has 0 amide bonds. The van der Waals surface area contributed by atoms with E-state index in [0.717, 1.165) is 17.9 Å². The molecule has 22 heavy (non-hydrogen) atoms. The number of fused-ring (bicyclic) bond motifs is 1. The third-order valence-electron chi connectivity index (χ3n) is 4.02. The monoisotopic (exact) mass is 291 g/mol. The highest BCUT2D eigenvalue weighted by Gasteiger charge is 2.12. The van der Waals surface area contributed by atoms with Crippen LogP contribution < -0.4 is 10.1 Å². The lowest BCUT2D eigenvalue weighted by atomic mass is 10.00. The van der Waals surface area contributed by atoms with Crippen molar-refractivity contribution in [2.75, 3.05) is 12.4 Å². The van der Waals surface area contributed by atoms with Crippen LogP contribution in [0.2, 0.25) is 0 Å². The summed E-state index contributed by atoms with van der Waals surface area (Å²) in [4.78, 5) is 0. The molecule has 0 spiro atoms. The van der Waals surface area contributed by atoms with E-state index in [0.29, 0.717) is 0 Å². The average Bonchev–Trinajstić information content (AvgIpc) is 2.59. The van der Waals surface area contributed by atoms with Gasteiger partial charge in [-0.25, -0.2) is 0 Å². The molecule has 0 heterocycles. The second-order valence-corrected chi connectivity index (χ2v) is 5.41. The van der Waals surface area contributed by atoms with Crippen LogP contribution in [0.25, 0.3) is 10.8 Å². The molecular formula is C20H21NO. The fourth-order valence-electron chi connectivity index (χ4n) is 2.80. The Morgan fingerprint density at radius 3 is 2.41 bits per heavy atom. The minimum absolute atomic E-state index is 0.265. The molecule has 3 rings (SSSR count). The minimum atomic E-state index is 0.265. The highest BCUT2D eigenvalue weighted by atomic mass is 16.5. The Labute approximate surface area is 131 Å². The molecule has 0 bridgehead atoms. The predicted octanol–water partition coefficient (Wildman–Crippen LogP) is 5.41. The van der Waals surface area contributed by atoms with E-state index in [4.69, 9.17) is 4.74 Å². The summed E-state index contributed by atoms with van der Waals surface area (Å²) in [6.45, 7) is 2.20. The Kier molecular flexibility index (Phi) is 4.29. The third-order valence-corrected chi connectivity index (χ3v) is 4.02. The van der Waals surface area contributed by atoms with E-state index in [2.05, 4.69) is 60.8 Å². The van der Waals surface area contributed by atoms with Gasteiger partial charge < -0.3 is 10.1 Å². The fraction of sp³-hybridized carbons (Fsp3) is 0.200. The van der Waals surface area contributed by atoms with Crippen LogP contribution in [0.15, 0.2) is 66.7 Å². The van der Waals surface area contributed by atoms with E-state index in [1.54, 1.807) is 7.11 Å². The number of para-hydroxylation sites is 2. The molecule has 2 heteroatoms. The molecule has 0 fully saturated rings. The molecule has 0 aliphatic rings. The van der Waals surface area contributed by atoms with Crippen LogP contribution in [0.1, 0.15) is 24.9 Å². The molecule has 1 N–H and O–H groups in total.